The fourth-order valence-electron chi connectivity index (χ4n) is 2.60. The van der Waals surface area contributed by atoms with Crippen molar-refractivity contribution in [2.24, 2.45) is 0 Å². The van der Waals surface area contributed by atoms with Crippen LogP contribution in [0.4, 0.5) is 11.8 Å². The third-order valence-electron chi connectivity index (χ3n) is 3.84. The average molecular weight is 283 g/mol. The highest BCUT2D eigenvalue weighted by Crippen LogP contribution is 2.17. The number of nitrogens with zero attached hydrogens (tertiary/aromatic N) is 4. The maximum Gasteiger partial charge on any atom is 0.222 e. The van der Waals surface area contributed by atoms with Gasteiger partial charge in [-0.15, -0.1) is 0 Å². The summed E-state index contributed by atoms with van der Waals surface area (Å²) < 4.78 is 0. The van der Waals surface area contributed by atoms with Crippen LogP contribution in [0.25, 0.3) is 0 Å². The minimum atomic E-state index is 0.359. The van der Waals surface area contributed by atoms with Gasteiger partial charge in [-0.05, 0) is 12.6 Å². The van der Waals surface area contributed by atoms with Gasteiger partial charge in [-0.3, -0.25) is 0 Å². The molecule has 0 radical (unpaired) electrons. The van der Waals surface area contributed by atoms with Crippen LogP contribution < -0.4 is 10.6 Å². The summed E-state index contributed by atoms with van der Waals surface area (Å²) in [7, 11) is 2.15. The van der Waals surface area contributed by atoms with Crippen LogP contribution in [0.5, 0.6) is 0 Å². The van der Waals surface area contributed by atoms with Crippen molar-refractivity contribution in [3.8, 4) is 0 Å². The molecular weight excluding hydrogens is 262 g/mol. The van der Waals surface area contributed by atoms with Gasteiger partial charge in [-0.25, -0.2) is 4.98 Å². The zero-order valence-corrected chi connectivity index (χ0v) is 12.4. The topological polar surface area (TPSA) is 58.3 Å². The lowest BCUT2D eigenvalue weighted by molar-refractivity contribution is 0.312. The SMILES string of the molecule is CN1CCN(c2cc(Cc3ccccc3)nc(N)n2)CC1. The van der Waals surface area contributed by atoms with Gasteiger partial charge >= 0.3 is 0 Å². The van der Waals surface area contributed by atoms with Gasteiger partial charge in [-0.1, -0.05) is 30.3 Å². The fourth-order valence-corrected chi connectivity index (χ4v) is 2.60. The lowest BCUT2D eigenvalue weighted by Gasteiger charge is -2.33. The number of nitrogen functional groups attached to an aromatic ring is 1. The van der Waals surface area contributed by atoms with E-state index in [1.165, 1.54) is 5.56 Å². The van der Waals surface area contributed by atoms with Crippen molar-refractivity contribution in [1.29, 1.82) is 0 Å². The lowest BCUT2D eigenvalue weighted by atomic mass is 10.1. The summed E-state index contributed by atoms with van der Waals surface area (Å²) in [5.41, 5.74) is 8.10. The van der Waals surface area contributed by atoms with Crippen LogP contribution in [0.15, 0.2) is 36.4 Å². The molecule has 1 aromatic heterocycles. The van der Waals surface area contributed by atoms with Gasteiger partial charge in [0.1, 0.15) is 5.82 Å². The Morgan fingerprint density at radius 2 is 1.76 bits per heavy atom. The van der Waals surface area contributed by atoms with E-state index in [0.717, 1.165) is 44.1 Å². The first-order chi connectivity index (χ1) is 10.2. The zero-order chi connectivity index (χ0) is 14.7. The molecule has 1 fully saturated rings. The summed E-state index contributed by atoms with van der Waals surface area (Å²) in [5, 5.41) is 0. The molecule has 1 aliphatic rings. The molecule has 0 spiro atoms. The average Bonchev–Trinajstić information content (AvgIpc) is 2.48. The van der Waals surface area contributed by atoms with E-state index < -0.39 is 0 Å². The van der Waals surface area contributed by atoms with Crippen LogP contribution in [-0.2, 0) is 6.42 Å². The number of likely N-dealkylation sites (N-methyl/N-ethyl adjacent to an activating group) is 1. The van der Waals surface area contributed by atoms with Crippen LogP contribution in [0.1, 0.15) is 11.3 Å². The van der Waals surface area contributed by atoms with Crippen LogP contribution in [0.3, 0.4) is 0 Å². The predicted octanol–water partition coefficient (Wildman–Crippen LogP) is 1.40. The standard InChI is InChI=1S/C16H21N5/c1-20-7-9-21(10-8-20)15-12-14(18-16(17)19-15)11-13-5-3-2-4-6-13/h2-6,12H,7-11H2,1H3,(H2,17,18,19). The maximum absolute atomic E-state index is 5.89. The fraction of sp³-hybridized carbons (Fsp3) is 0.375. The molecule has 110 valence electrons. The Labute approximate surface area is 125 Å². The quantitative estimate of drug-likeness (QED) is 0.923. The Kier molecular flexibility index (Phi) is 4.01. The molecule has 0 aliphatic carbocycles. The Hall–Kier alpha value is -2.14. The molecule has 0 amide bonds. The van der Waals surface area contributed by atoms with E-state index in [4.69, 9.17) is 5.73 Å². The zero-order valence-electron chi connectivity index (χ0n) is 12.4. The monoisotopic (exact) mass is 283 g/mol. The van der Waals surface area contributed by atoms with Crippen LogP contribution >= 0.6 is 0 Å². The van der Waals surface area contributed by atoms with Gasteiger partial charge in [0, 0.05) is 38.7 Å². The normalized spacial score (nSPS) is 16.1. The van der Waals surface area contributed by atoms with Crippen molar-refractivity contribution in [2.75, 3.05) is 43.9 Å². The minimum absolute atomic E-state index is 0.359. The second kappa shape index (κ2) is 6.10. The molecule has 3 rings (SSSR count). The molecule has 2 N–H and O–H groups in total. The molecular formula is C16H21N5. The van der Waals surface area contributed by atoms with Crippen molar-refractivity contribution >= 4 is 11.8 Å². The first-order valence-corrected chi connectivity index (χ1v) is 7.31. The molecule has 2 aromatic rings. The number of anilines is 2. The number of nitrogens with two attached hydrogens (primary N) is 1. The van der Waals surface area contributed by atoms with E-state index >= 15 is 0 Å². The van der Waals surface area contributed by atoms with Gasteiger partial charge in [0.15, 0.2) is 0 Å². The molecule has 21 heavy (non-hydrogen) atoms. The van der Waals surface area contributed by atoms with Crippen molar-refractivity contribution in [3.05, 3.63) is 47.7 Å². The second-order valence-corrected chi connectivity index (χ2v) is 5.53. The van der Waals surface area contributed by atoms with Gasteiger partial charge in [0.25, 0.3) is 0 Å². The highest BCUT2D eigenvalue weighted by Gasteiger charge is 2.16. The molecule has 1 aliphatic heterocycles. The number of rotatable bonds is 3. The summed E-state index contributed by atoms with van der Waals surface area (Å²) >= 11 is 0. The van der Waals surface area contributed by atoms with Gasteiger partial charge in [-0.2, -0.15) is 4.98 Å². The number of hydrogen-bond acceptors (Lipinski definition) is 5. The van der Waals surface area contributed by atoms with Gasteiger partial charge in [0.05, 0.1) is 5.69 Å². The molecule has 0 unspecified atom stereocenters. The van der Waals surface area contributed by atoms with Crippen molar-refractivity contribution in [2.45, 2.75) is 6.42 Å². The lowest BCUT2D eigenvalue weighted by Crippen LogP contribution is -2.44. The Morgan fingerprint density at radius 1 is 1.05 bits per heavy atom. The van der Waals surface area contributed by atoms with E-state index in [-0.39, 0.29) is 0 Å². The molecule has 0 saturated carbocycles. The predicted molar refractivity (Wildman–Crippen MR) is 85.4 cm³/mol. The van der Waals surface area contributed by atoms with E-state index in [1.807, 2.05) is 18.2 Å². The van der Waals surface area contributed by atoms with Crippen molar-refractivity contribution in [1.82, 2.24) is 14.9 Å². The summed E-state index contributed by atoms with van der Waals surface area (Å²) in [6.07, 6.45) is 0.786. The second-order valence-electron chi connectivity index (χ2n) is 5.53. The third kappa shape index (κ3) is 3.49. The molecule has 1 aromatic carbocycles. The first kappa shape index (κ1) is 13.8. The smallest absolute Gasteiger partial charge is 0.222 e. The summed E-state index contributed by atoms with van der Waals surface area (Å²) in [4.78, 5) is 13.4. The molecule has 0 bridgehead atoms. The maximum atomic E-state index is 5.89. The van der Waals surface area contributed by atoms with E-state index in [1.54, 1.807) is 0 Å². The number of hydrogen-bond donors (Lipinski definition) is 1. The highest BCUT2D eigenvalue weighted by molar-refractivity contribution is 5.45. The summed E-state index contributed by atoms with van der Waals surface area (Å²) in [6, 6.07) is 12.4. The van der Waals surface area contributed by atoms with E-state index in [9.17, 15) is 0 Å². The summed E-state index contributed by atoms with van der Waals surface area (Å²) in [5.74, 6) is 1.30. The van der Waals surface area contributed by atoms with Crippen LogP contribution in [0.2, 0.25) is 0 Å². The van der Waals surface area contributed by atoms with Crippen molar-refractivity contribution < 1.29 is 0 Å². The summed E-state index contributed by atoms with van der Waals surface area (Å²) in [6.45, 7) is 4.07. The molecule has 0 atom stereocenters. The van der Waals surface area contributed by atoms with Gasteiger partial charge < -0.3 is 15.5 Å². The molecule has 5 heteroatoms. The largest absolute Gasteiger partial charge is 0.368 e. The highest BCUT2D eigenvalue weighted by atomic mass is 15.3. The number of aromatic nitrogens is 2. The Bertz CT molecular complexity index is 591. The van der Waals surface area contributed by atoms with Gasteiger partial charge in [0.2, 0.25) is 5.95 Å². The molecule has 5 nitrogen and oxygen atoms in total. The van der Waals surface area contributed by atoms with Crippen molar-refractivity contribution in [3.63, 3.8) is 0 Å². The van der Waals surface area contributed by atoms with E-state index in [2.05, 4.69) is 45.0 Å². The number of piperazine rings is 1. The molecule has 1 saturated heterocycles. The third-order valence-corrected chi connectivity index (χ3v) is 3.84. The molecule has 2 heterocycles. The van der Waals surface area contributed by atoms with Crippen LogP contribution in [-0.4, -0.2) is 48.1 Å². The Balaban J connectivity index is 1.79. The minimum Gasteiger partial charge on any atom is -0.368 e. The first-order valence-electron chi connectivity index (χ1n) is 7.31. The number of benzene rings is 1. The van der Waals surface area contributed by atoms with Crippen LogP contribution in [0, 0.1) is 0 Å². The van der Waals surface area contributed by atoms with E-state index in [0.29, 0.717) is 5.95 Å². The Morgan fingerprint density at radius 3 is 2.48 bits per heavy atom.